The molecule has 0 saturated heterocycles. The molecule has 5 N–H and O–H groups in total. The van der Waals surface area contributed by atoms with Gasteiger partial charge in [-0.2, -0.15) is 0 Å². The first-order valence-corrected chi connectivity index (χ1v) is 9.27. The topological polar surface area (TPSA) is 127 Å². The SMILES string of the molecule is CCOC(=O)C(Nc1ccc(C(=N)N)cc1)c1cc(OC)cc(Cl)c1OCCO.Cl. The first-order valence-electron chi connectivity index (χ1n) is 8.90. The number of nitrogens with two attached hydrogens (primary N) is 1. The second-order valence-electron chi connectivity index (χ2n) is 5.92. The number of aliphatic hydroxyl groups excluding tert-OH is 1. The molecule has 30 heavy (non-hydrogen) atoms. The van der Waals surface area contributed by atoms with Crippen LogP contribution in [0.4, 0.5) is 5.69 Å². The number of carbonyl (C=O) groups excluding carboxylic acids is 1. The Morgan fingerprint density at radius 2 is 1.97 bits per heavy atom. The number of nitrogens with one attached hydrogen (secondary N) is 2. The second kappa shape index (κ2) is 12.1. The Bertz CT molecular complexity index is 862. The van der Waals surface area contributed by atoms with Crippen LogP contribution in [0.2, 0.25) is 5.02 Å². The van der Waals surface area contributed by atoms with Crippen LogP contribution in [0.5, 0.6) is 11.5 Å². The normalized spacial score (nSPS) is 11.1. The molecular weight excluding hydrogens is 433 g/mol. The number of anilines is 1. The highest BCUT2D eigenvalue weighted by atomic mass is 35.5. The molecule has 0 radical (unpaired) electrons. The Labute approximate surface area is 186 Å². The number of benzene rings is 2. The summed E-state index contributed by atoms with van der Waals surface area (Å²) >= 11 is 6.33. The van der Waals surface area contributed by atoms with Gasteiger partial charge < -0.3 is 30.4 Å². The van der Waals surface area contributed by atoms with Crippen LogP contribution in [-0.2, 0) is 9.53 Å². The maximum absolute atomic E-state index is 12.7. The van der Waals surface area contributed by atoms with E-state index in [0.717, 1.165) is 0 Å². The summed E-state index contributed by atoms with van der Waals surface area (Å²) in [7, 11) is 1.48. The summed E-state index contributed by atoms with van der Waals surface area (Å²) < 4.78 is 16.1. The van der Waals surface area contributed by atoms with Crippen molar-refractivity contribution >= 4 is 41.5 Å². The molecule has 0 bridgehead atoms. The van der Waals surface area contributed by atoms with Crippen molar-refractivity contribution in [2.75, 3.05) is 32.2 Å². The van der Waals surface area contributed by atoms with Crippen molar-refractivity contribution in [1.82, 2.24) is 0 Å². The standard InChI is InChI=1S/C20H24ClN3O5.ClH/c1-3-28-20(26)17(24-13-6-4-12(5-7-13)19(22)23)15-10-14(27-2)11-16(21)18(15)29-9-8-25;/h4-7,10-11,17,24-25H,3,8-9H2,1-2H3,(H3,22,23);1H. The third-order valence-corrected chi connectivity index (χ3v) is 4.24. The summed E-state index contributed by atoms with van der Waals surface area (Å²) in [5.41, 5.74) is 7.03. The van der Waals surface area contributed by atoms with Gasteiger partial charge in [0.05, 0.1) is 25.3 Å². The van der Waals surface area contributed by atoms with Crippen molar-refractivity contribution in [3.05, 3.63) is 52.5 Å². The van der Waals surface area contributed by atoms with E-state index in [2.05, 4.69) is 5.32 Å². The molecule has 0 saturated carbocycles. The number of amidine groups is 1. The summed E-state index contributed by atoms with van der Waals surface area (Å²) in [6.07, 6.45) is 0. The maximum Gasteiger partial charge on any atom is 0.333 e. The predicted octanol–water partition coefficient (Wildman–Crippen LogP) is 3.14. The van der Waals surface area contributed by atoms with Gasteiger partial charge in [0.2, 0.25) is 0 Å². The lowest BCUT2D eigenvalue weighted by Gasteiger charge is -2.23. The molecule has 1 atom stereocenters. The van der Waals surface area contributed by atoms with Crippen LogP contribution in [-0.4, -0.2) is 43.8 Å². The summed E-state index contributed by atoms with van der Waals surface area (Å²) in [5.74, 6) is 0.0795. The molecule has 164 valence electrons. The molecule has 0 aliphatic rings. The molecule has 2 aromatic carbocycles. The number of ether oxygens (including phenoxy) is 3. The molecule has 1 unspecified atom stereocenters. The molecule has 2 rings (SSSR count). The summed E-state index contributed by atoms with van der Waals surface area (Å²) in [6.45, 7) is 1.68. The van der Waals surface area contributed by atoms with Crippen molar-refractivity contribution in [3.63, 3.8) is 0 Å². The summed E-state index contributed by atoms with van der Waals surface area (Å²) in [5, 5.41) is 19.9. The van der Waals surface area contributed by atoms with E-state index >= 15 is 0 Å². The molecule has 0 aromatic heterocycles. The molecular formula is C20H25Cl2N3O5. The van der Waals surface area contributed by atoms with Crippen LogP contribution >= 0.6 is 24.0 Å². The Kier molecular flexibility index (Phi) is 10.2. The Morgan fingerprint density at radius 3 is 2.50 bits per heavy atom. The number of nitrogen functional groups attached to an aromatic ring is 1. The highest BCUT2D eigenvalue weighted by Crippen LogP contribution is 2.38. The van der Waals surface area contributed by atoms with Gasteiger partial charge in [-0.15, -0.1) is 12.4 Å². The first kappa shape index (κ1) is 25.4. The van der Waals surface area contributed by atoms with E-state index in [1.807, 2.05) is 0 Å². The monoisotopic (exact) mass is 457 g/mol. The van der Waals surface area contributed by atoms with E-state index in [1.54, 1.807) is 43.3 Å². The van der Waals surface area contributed by atoms with Gasteiger partial charge >= 0.3 is 5.97 Å². The van der Waals surface area contributed by atoms with Gasteiger partial charge in [0.15, 0.2) is 6.04 Å². The van der Waals surface area contributed by atoms with Crippen LogP contribution in [0, 0.1) is 5.41 Å². The van der Waals surface area contributed by atoms with Crippen molar-refractivity contribution in [3.8, 4) is 11.5 Å². The van der Waals surface area contributed by atoms with Gasteiger partial charge in [0, 0.05) is 22.9 Å². The summed E-state index contributed by atoms with van der Waals surface area (Å²) in [6, 6.07) is 8.93. The minimum atomic E-state index is -0.959. The van der Waals surface area contributed by atoms with Gasteiger partial charge in [-0.1, -0.05) is 11.6 Å². The predicted molar refractivity (Wildman–Crippen MR) is 118 cm³/mol. The number of halogens is 2. The van der Waals surface area contributed by atoms with E-state index < -0.39 is 12.0 Å². The fourth-order valence-electron chi connectivity index (χ4n) is 2.62. The highest BCUT2D eigenvalue weighted by Gasteiger charge is 2.28. The number of hydrogen-bond donors (Lipinski definition) is 4. The van der Waals surface area contributed by atoms with Crippen molar-refractivity contribution in [2.45, 2.75) is 13.0 Å². The number of hydrogen-bond acceptors (Lipinski definition) is 7. The minimum Gasteiger partial charge on any atom is -0.497 e. The molecule has 0 heterocycles. The van der Waals surface area contributed by atoms with Gasteiger partial charge in [0.1, 0.15) is 23.9 Å². The molecule has 8 nitrogen and oxygen atoms in total. The summed E-state index contributed by atoms with van der Waals surface area (Å²) in [4.78, 5) is 12.7. The zero-order valence-corrected chi connectivity index (χ0v) is 18.2. The van der Waals surface area contributed by atoms with E-state index in [-0.39, 0.29) is 48.8 Å². The fraction of sp³-hybridized carbons (Fsp3) is 0.300. The maximum atomic E-state index is 12.7. The van der Waals surface area contributed by atoms with Crippen molar-refractivity contribution < 1.29 is 24.1 Å². The Hall–Kier alpha value is -2.68. The second-order valence-corrected chi connectivity index (χ2v) is 6.33. The third kappa shape index (κ3) is 6.41. The lowest BCUT2D eigenvalue weighted by molar-refractivity contribution is -0.144. The third-order valence-electron chi connectivity index (χ3n) is 3.96. The molecule has 0 fully saturated rings. The number of carbonyl (C=O) groups is 1. The molecule has 0 aliphatic carbocycles. The number of rotatable bonds is 10. The molecule has 10 heteroatoms. The van der Waals surface area contributed by atoms with Gasteiger partial charge in [-0.05, 0) is 37.3 Å². The number of esters is 1. The number of aliphatic hydroxyl groups is 1. The molecule has 0 spiro atoms. The molecule has 0 aliphatic heterocycles. The molecule has 2 aromatic rings. The van der Waals surface area contributed by atoms with E-state index in [9.17, 15) is 4.79 Å². The van der Waals surface area contributed by atoms with Crippen LogP contribution in [0.15, 0.2) is 36.4 Å². The highest BCUT2D eigenvalue weighted by molar-refractivity contribution is 6.32. The van der Waals surface area contributed by atoms with Gasteiger partial charge in [-0.3, -0.25) is 5.41 Å². The zero-order chi connectivity index (χ0) is 21.4. The smallest absolute Gasteiger partial charge is 0.333 e. The van der Waals surface area contributed by atoms with Crippen LogP contribution < -0.4 is 20.5 Å². The lowest BCUT2D eigenvalue weighted by atomic mass is 10.0. The van der Waals surface area contributed by atoms with Crippen molar-refractivity contribution in [2.24, 2.45) is 5.73 Å². The molecule has 0 amide bonds. The van der Waals surface area contributed by atoms with E-state index in [0.29, 0.717) is 22.6 Å². The van der Waals surface area contributed by atoms with Crippen molar-refractivity contribution in [1.29, 1.82) is 5.41 Å². The number of methoxy groups -OCH3 is 1. The van der Waals surface area contributed by atoms with Gasteiger partial charge in [0.25, 0.3) is 0 Å². The average Bonchev–Trinajstić information content (AvgIpc) is 2.71. The fourth-order valence-corrected chi connectivity index (χ4v) is 2.89. The van der Waals surface area contributed by atoms with Gasteiger partial charge in [-0.25, -0.2) is 4.79 Å². The lowest BCUT2D eigenvalue weighted by Crippen LogP contribution is -2.24. The van der Waals surface area contributed by atoms with E-state index in [1.165, 1.54) is 7.11 Å². The zero-order valence-electron chi connectivity index (χ0n) is 16.6. The van der Waals surface area contributed by atoms with Crippen LogP contribution in [0.25, 0.3) is 0 Å². The van der Waals surface area contributed by atoms with Crippen LogP contribution in [0.3, 0.4) is 0 Å². The van der Waals surface area contributed by atoms with Crippen LogP contribution in [0.1, 0.15) is 24.1 Å². The Balaban J connectivity index is 0.00000450. The Morgan fingerprint density at radius 1 is 1.30 bits per heavy atom. The van der Waals surface area contributed by atoms with E-state index in [4.69, 9.17) is 42.1 Å². The quantitative estimate of drug-likeness (QED) is 0.245. The average molecular weight is 458 g/mol. The largest absolute Gasteiger partial charge is 0.497 e. The first-order chi connectivity index (χ1) is 13.9. The minimum absolute atomic E-state index is 0.